The molecule has 156 valence electrons. The molecule has 0 saturated heterocycles. The van der Waals surface area contributed by atoms with E-state index < -0.39 is 0 Å². The molecule has 0 aromatic heterocycles. The van der Waals surface area contributed by atoms with Crippen LogP contribution in [0.1, 0.15) is 71.1 Å². The number of rotatable bonds is 9. The topological polar surface area (TPSA) is 26.3 Å². The van der Waals surface area contributed by atoms with Crippen molar-refractivity contribution in [1.29, 1.82) is 0 Å². The Hall–Kier alpha value is -2.16. The number of ether oxygens (including phenoxy) is 1. The third-order valence-corrected chi connectivity index (χ3v) is 6.15. The van der Waals surface area contributed by atoms with E-state index in [4.69, 9.17) is 4.74 Å². The summed E-state index contributed by atoms with van der Waals surface area (Å²) in [7, 11) is 0. The van der Waals surface area contributed by atoms with Crippen LogP contribution < -0.4 is 4.74 Å². The van der Waals surface area contributed by atoms with E-state index in [1.165, 1.54) is 50.7 Å². The molecule has 29 heavy (non-hydrogen) atoms. The molecule has 0 heterocycles. The lowest BCUT2D eigenvalue weighted by atomic mass is 9.80. The van der Waals surface area contributed by atoms with Gasteiger partial charge >= 0.3 is 5.97 Å². The second kappa shape index (κ2) is 11.1. The van der Waals surface area contributed by atoms with Gasteiger partial charge in [-0.1, -0.05) is 69.7 Å². The first-order valence-corrected chi connectivity index (χ1v) is 11.2. The van der Waals surface area contributed by atoms with Gasteiger partial charge in [-0.25, -0.2) is 4.39 Å². The van der Waals surface area contributed by atoms with Crippen LogP contribution in [0.15, 0.2) is 48.5 Å². The Kier molecular flexibility index (Phi) is 8.27. The molecule has 0 bridgehead atoms. The smallest absolute Gasteiger partial charge is 0.314 e. The summed E-state index contributed by atoms with van der Waals surface area (Å²) in [5, 5.41) is 0. The van der Waals surface area contributed by atoms with E-state index in [9.17, 15) is 9.18 Å². The molecule has 1 saturated carbocycles. The minimum atomic E-state index is -0.245. The average Bonchev–Trinajstić information content (AvgIpc) is 2.75. The van der Waals surface area contributed by atoms with Crippen molar-refractivity contribution < 1.29 is 13.9 Å². The van der Waals surface area contributed by atoms with Crippen molar-refractivity contribution in [2.75, 3.05) is 0 Å². The normalized spacial score (nSPS) is 19.1. The largest absolute Gasteiger partial charge is 0.426 e. The first-order valence-electron chi connectivity index (χ1n) is 11.2. The summed E-state index contributed by atoms with van der Waals surface area (Å²) < 4.78 is 18.7. The van der Waals surface area contributed by atoms with Crippen LogP contribution in [-0.2, 0) is 4.79 Å². The van der Waals surface area contributed by atoms with Gasteiger partial charge in [-0.2, -0.15) is 0 Å². The average molecular weight is 397 g/mol. The van der Waals surface area contributed by atoms with E-state index in [1.54, 1.807) is 12.1 Å². The van der Waals surface area contributed by atoms with Gasteiger partial charge in [0.25, 0.3) is 0 Å². The predicted octanol–water partition coefficient (Wildman–Crippen LogP) is 7.57. The van der Waals surface area contributed by atoms with Crippen LogP contribution in [0.5, 0.6) is 5.75 Å². The lowest BCUT2D eigenvalue weighted by molar-refractivity contribution is -0.140. The molecule has 1 fully saturated rings. The van der Waals surface area contributed by atoms with Crippen molar-refractivity contribution in [3.8, 4) is 16.9 Å². The maximum atomic E-state index is 13.1. The number of halogens is 1. The van der Waals surface area contributed by atoms with Crippen molar-refractivity contribution in [1.82, 2.24) is 0 Å². The predicted molar refractivity (Wildman–Crippen MR) is 116 cm³/mol. The van der Waals surface area contributed by atoms with E-state index >= 15 is 0 Å². The fraction of sp³-hybridized carbons (Fsp3) is 0.500. The molecule has 3 rings (SSSR count). The zero-order valence-corrected chi connectivity index (χ0v) is 17.5. The summed E-state index contributed by atoms with van der Waals surface area (Å²) in [6, 6.07) is 13.8. The first kappa shape index (κ1) is 21.5. The number of esters is 1. The monoisotopic (exact) mass is 396 g/mol. The lowest BCUT2D eigenvalue weighted by Gasteiger charge is -2.27. The van der Waals surface area contributed by atoms with Crippen molar-refractivity contribution in [3.05, 3.63) is 54.3 Å². The van der Waals surface area contributed by atoms with E-state index in [0.29, 0.717) is 5.75 Å². The van der Waals surface area contributed by atoms with Crippen LogP contribution in [0.3, 0.4) is 0 Å². The molecular weight excluding hydrogens is 363 g/mol. The highest BCUT2D eigenvalue weighted by Gasteiger charge is 2.27. The lowest BCUT2D eigenvalue weighted by Crippen LogP contribution is -2.25. The van der Waals surface area contributed by atoms with Crippen LogP contribution in [0.25, 0.3) is 11.1 Å². The fourth-order valence-electron chi connectivity index (χ4n) is 4.28. The molecule has 0 aliphatic heterocycles. The molecular formula is C26H33FO2. The highest BCUT2D eigenvalue weighted by atomic mass is 19.1. The second-order valence-electron chi connectivity index (χ2n) is 8.37. The number of carbonyl (C=O) groups excluding carboxylic acids is 1. The Morgan fingerprint density at radius 2 is 1.45 bits per heavy atom. The molecule has 0 radical (unpaired) electrons. The van der Waals surface area contributed by atoms with Gasteiger partial charge in [-0.3, -0.25) is 4.79 Å². The summed E-state index contributed by atoms with van der Waals surface area (Å²) in [5.74, 6) is 1.06. The van der Waals surface area contributed by atoms with Crippen LogP contribution in [0.4, 0.5) is 4.39 Å². The van der Waals surface area contributed by atoms with Gasteiger partial charge in [-0.05, 0) is 67.0 Å². The van der Waals surface area contributed by atoms with Crippen molar-refractivity contribution in [2.45, 2.75) is 71.1 Å². The van der Waals surface area contributed by atoms with E-state index in [2.05, 4.69) is 6.92 Å². The summed E-state index contributed by atoms with van der Waals surface area (Å²) in [6.07, 6.45) is 12.2. The van der Waals surface area contributed by atoms with Crippen LogP contribution in [0, 0.1) is 17.7 Å². The Bertz CT molecular complexity index is 743. The Balaban J connectivity index is 1.42. The molecule has 0 amide bonds. The second-order valence-corrected chi connectivity index (χ2v) is 8.37. The fourth-order valence-corrected chi connectivity index (χ4v) is 4.28. The van der Waals surface area contributed by atoms with Gasteiger partial charge in [0, 0.05) is 0 Å². The minimum absolute atomic E-state index is 0.0307. The molecule has 1 aliphatic rings. The van der Waals surface area contributed by atoms with Gasteiger partial charge in [0.05, 0.1) is 5.92 Å². The highest BCUT2D eigenvalue weighted by molar-refractivity contribution is 5.75. The van der Waals surface area contributed by atoms with Gasteiger partial charge < -0.3 is 4.74 Å². The van der Waals surface area contributed by atoms with E-state index in [1.807, 2.05) is 24.3 Å². The Morgan fingerprint density at radius 3 is 2.07 bits per heavy atom. The molecule has 0 unspecified atom stereocenters. The number of benzene rings is 2. The molecule has 3 heteroatoms. The van der Waals surface area contributed by atoms with Crippen molar-refractivity contribution in [2.24, 2.45) is 11.8 Å². The number of unbranched alkanes of at least 4 members (excludes halogenated alkanes) is 4. The Labute approximate surface area is 174 Å². The standard InChI is InChI=1S/C26H33FO2/c1-2-3-4-5-6-7-20-8-10-23(11-9-20)26(28)29-25-18-14-22(15-19-25)21-12-16-24(27)17-13-21/h12-20,23H,2-11H2,1H3/t20-,23-. The Morgan fingerprint density at radius 1 is 0.862 bits per heavy atom. The quantitative estimate of drug-likeness (QED) is 0.248. The maximum Gasteiger partial charge on any atom is 0.314 e. The third-order valence-electron chi connectivity index (χ3n) is 6.15. The van der Waals surface area contributed by atoms with Crippen LogP contribution in [0.2, 0.25) is 0 Å². The molecule has 2 aromatic carbocycles. The van der Waals surface area contributed by atoms with Gasteiger partial charge in [0.15, 0.2) is 0 Å². The van der Waals surface area contributed by atoms with Crippen molar-refractivity contribution in [3.63, 3.8) is 0 Å². The zero-order valence-electron chi connectivity index (χ0n) is 17.5. The van der Waals surface area contributed by atoms with Gasteiger partial charge in [-0.15, -0.1) is 0 Å². The molecule has 0 spiro atoms. The molecule has 1 aliphatic carbocycles. The van der Waals surface area contributed by atoms with Gasteiger partial charge in [0.2, 0.25) is 0 Å². The SMILES string of the molecule is CCCCCCC[C@H]1CC[C@H](C(=O)Oc2ccc(-c3ccc(F)cc3)cc2)CC1. The summed E-state index contributed by atoms with van der Waals surface area (Å²) in [5.41, 5.74) is 1.92. The molecule has 0 N–H and O–H groups in total. The number of hydrogen-bond acceptors (Lipinski definition) is 2. The maximum absolute atomic E-state index is 13.1. The van der Waals surface area contributed by atoms with Crippen molar-refractivity contribution >= 4 is 5.97 Å². The van der Waals surface area contributed by atoms with E-state index in [-0.39, 0.29) is 17.7 Å². The molecule has 2 nitrogen and oxygen atoms in total. The van der Waals surface area contributed by atoms with Crippen LogP contribution >= 0.6 is 0 Å². The molecule has 2 aromatic rings. The first-order chi connectivity index (χ1) is 14.2. The molecule has 0 atom stereocenters. The van der Waals surface area contributed by atoms with Crippen LogP contribution in [-0.4, -0.2) is 5.97 Å². The summed E-state index contributed by atoms with van der Waals surface area (Å²) in [4.78, 5) is 12.5. The number of carbonyl (C=O) groups is 1. The zero-order chi connectivity index (χ0) is 20.5. The highest BCUT2D eigenvalue weighted by Crippen LogP contribution is 2.33. The number of hydrogen-bond donors (Lipinski definition) is 0. The third kappa shape index (κ3) is 6.69. The van der Waals surface area contributed by atoms with E-state index in [0.717, 1.165) is 42.7 Å². The minimum Gasteiger partial charge on any atom is -0.426 e. The summed E-state index contributed by atoms with van der Waals surface area (Å²) >= 11 is 0. The van der Waals surface area contributed by atoms with Gasteiger partial charge in [0.1, 0.15) is 11.6 Å². The summed E-state index contributed by atoms with van der Waals surface area (Å²) in [6.45, 7) is 2.25.